The molecule has 1 aromatic rings. The van der Waals surface area contributed by atoms with E-state index in [2.05, 4.69) is 12.2 Å². The summed E-state index contributed by atoms with van der Waals surface area (Å²) in [6.45, 7) is 3.17. The van der Waals surface area contributed by atoms with E-state index in [-0.39, 0.29) is 12.4 Å². The van der Waals surface area contributed by atoms with Gasteiger partial charge in [-0.05, 0) is 37.3 Å². The van der Waals surface area contributed by atoms with E-state index in [9.17, 15) is 0 Å². The first kappa shape index (κ1) is 14.6. The molecule has 1 N–H and O–H groups in total. The van der Waals surface area contributed by atoms with Crippen molar-refractivity contribution in [1.82, 2.24) is 5.32 Å². The average molecular weight is 258 g/mol. The molecule has 2 unspecified atom stereocenters. The van der Waals surface area contributed by atoms with Gasteiger partial charge in [0.25, 0.3) is 0 Å². The zero-order chi connectivity index (χ0) is 11.2. The molecule has 2 rings (SSSR count). The average Bonchev–Trinajstić information content (AvgIpc) is 2.94. The summed E-state index contributed by atoms with van der Waals surface area (Å²) in [6.07, 6.45) is 9.99. The first-order valence-corrected chi connectivity index (χ1v) is 6.66. The van der Waals surface area contributed by atoms with Gasteiger partial charge in [0.1, 0.15) is 5.76 Å². The molecule has 0 bridgehead atoms. The van der Waals surface area contributed by atoms with Gasteiger partial charge in [0.15, 0.2) is 0 Å². The molecule has 0 radical (unpaired) electrons. The maximum Gasteiger partial charge on any atom is 0.117 e. The van der Waals surface area contributed by atoms with Crippen LogP contribution in [0.5, 0.6) is 0 Å². The molecule has 1 aliphatic carbocycles. The molecule has 98 valence electrons. The van der Waals surface area contributed by atoms with E-state index in [0.29, 0.717) is 0 Å². The fraction of sp³-hybridized carbons (Fsp3) is 0.714. The number of hydrogen-bond acceptors (Lipinski definition) is 2. The molecule has 0 amide bonds. The van der Waals surface area contributed by atoms with Crippen molar-refractivity contribution in [3.63, 3.8) is 0 Å². The first-order chi connectivity index (χ1) is 7.90. The van der Waals surface area contributed by atoms with Gasteiger partial charge in [-0.15, -0.1) is 12.4 Å². The van der Waals surface area contributed by atoms with Crippen molar-refractivity contribution in [2.24, 2.45) is 5.92 Å². The van der Waals surface area contributed by atoms with Crippen molar-refractivity contribution in [2.75, 3.05) is 0 Å². The van der Waals surface area contributed by atoms with Crippen molar-refractivity contribution in [1.29, 1.82) is 0 Å². The molecule has 2 nitrogen and oxygen atoms in total. The van der Waals surface area contributed by atoms with Crippen LogP contribution in [-0.2, 0) is 6.54 Å². The van der Waals surface area contributed by atoms with Crippen molar-refractivity contribution < 1.29 is 4.42 Å². The molecule has 0 spiro atoms. The second-order valence-corrected chi connectivity index (χ2v) is 4.90. The number of rotatable bonds is 6. The zero-order valence-corrected chi connectivity index (χ0v) is 11.5. The van der Waals surface area contributed by atoms with Crippen LogP contribution in [0.1, 0.15) is 51.2 Å². The van der Waals surface area contributed by atoms with Crippen molar-refractivity contribution >= 4 is 12.4 Å². The standard InChI is InChI=1S/C14H23NO.ClH/c1-2-3-6-12-7-4-9-14(12)15-11-13-8-5-10-16-13;/h5,8,10,12,14-15H,2-4,6-7,9,11H2,1H3;1H. The maximum atomic E-state index is 5.35. The monoisotopic (exact) mass is 257 g/mol. The van der Waals surface area contributed by atoms with Crippen molar-refractivity contribution in [2.45, 2.75) is 58.0 Å². The lowest BCUT2D eigenvalue weighted by Gasteiger charge is -2.20. The van der Waals surface area contributed by atoms with E-state index >= 15 is 0 Å². The van der Waals surface area contributed by atoms with Crippen LogP contribution in [0.4, 0.5) is 0 Å². The molecular formula is C14H24ClNO. The summed E-state index contributed by atoms with van der Waals surface area (Å²) >= 11 is 0. The largest absolute Gasteiger partial charge is 0.468 e. The lowest BCUT2D eigenvalue weighted by molar-refractivity contribution is 0.354. The predicted octanol–water partition coefficient (Wildman–Crippen LogP) is 4.15. The van der Waals surface area contributed by atoms with Gasteiger partial charge in [-0.3, -0.25) is 0 Å². The lowest BCUT2D eigenvalue weighted by atomic mass is 9.97. The van der Waals surface area contributed by atoms with Crippen LogP contribution in [0.15, 0.2) is 22.8 Å². The molecule has 0 saturated heterocycles. The van der Waals surface area contributed by atoms with Crippen LogP contribution in [0.2, 0.25) is 0 Å². The Morgan fingerprint density at radius 1 is 1.41 bits per heavy atom. The second kappa shape index (κ2) is 7.78. The number of furan rings is 1. The summed E-state index contributed by atoms with van der Waals surface area (Å²) in [7, 11) is 0. The van der Waals surface area contributed by atoms with Crippen LogP contribution in [0, 0.1) is 5.92 Å². The van der Waals surface area contributed by atoms with Gasteiger partial charge in [0, 0.05) is 6.04 Å². The molecule has 1 fully saturated rings. The lowest BCUT2D eigenvalue weighted by Crippen LogP contribution is -2.31. The number of nitrogens with one attached hydrogen (secondary N) is 1. The Morgan fingerprint density at radius 3 is 3.00 bits per heavy atom. The molecule has 1 saturated carbocycles. The van der Waals surface area contributed by atoms with E-state index in [1.807, 2.05) is 12.1 Å². The molecule has 1 aromatic heterocycles. The Hall–Kier alpha value is -0.470. The van der Waals surface area contributed by atoms with Gasteiger partial charge in [-0.25, -0.2) is 0 Å². The minimum Gasteiger partial charge on any atom is -0.468 e. The van der Waals surface area contributed by atoms with Crippen LogP contribution in [0.25, 0.3) is 0 Å². The highest BCUT2D eigenvalue weighted by Gasteiger charge is 2.26. The molecule has 0 aliphatic heterocycles. The number of hydrogen-bond donors (Lipinski definition) is 1. The van der Waals surface area contributed by atoms with E-state index in [4.69, 9.17) is 4.42 Å². The highest BCUT2D eigenvalue weighted by Crippen LogP contribution is 2.30. The van der Waals surface area contributed by atoms with Crippen molar-refractivity contribution in [3.8, 4) is 0 Å². The zero-order valence-electron chi connectivity index (χ0n) is 10.7. The third kappa shape index (κ3) is 4.36. The molecule has 17 heavy (non-hydrogen) atoms. The molecule has 0 aromatic carbocycles. The Bertz CT molecular complexity index is 286. The normalized spacial score (nSPS) is 23.6. The summed E-state index contributed by atoms with van der Waals surface area (Å²) < 4.78 is 5.35. The Morgan fingerprint density at radius 2 is 2.29 bits per heavy atom. The van der Waals surface area contributed by atoms with Gasteiger partial charge in [0.05, 0.1) is 12.8 Å². The van der Waals surface area contributed by atoms with Crippen molar-refractivity contribution in [3.05, 3.63) is 24.2 Å². The predicted molar refractivity (Wildman–Crippen MR) is 73.4 cm³/mol. The minimum absolute atomic E-state index is 0. The molecule has 3 heteroatoms. The topological polar surface area (TPSA) is 25.2 Å². The molecule has 1 aliphatic rings. The maximum absolute atomic E-state index is 5.35. The minimum atomic E-state index is 0. The van der Waals surface area contributed by atoms with E-state index < -0.39 is 0 Å². The summed E-state index contributed by atoms with van der Waals surface area (Å²) in [6, 6.07) is 4.72. The smallest absolute Gasteiger partial charge is 0.117 e. The molecule has 1 heterocycles. The summed E-state index contributed by atoms with van der Waals surface area (Å²) in [5, 5.41) is 3.65. The SMILES string of the molecule is CCCCC1CCCC1NCc1ccco1.Cl. The molecular weight excluding hydrogens is 234 g/mol. The van der Waals surface area contributed by atoms with E-state index in [1.54, 1.807) is 6.26 Å². The van der Waals surface area contributed by atoms with Gasteiger partial charge in [-0.1, -0.05) is 26.2 Å². The summed E-state index contributed by atoms with van der Waals surface area (Å²) in [5.74, 6) is 1.95. The van der Waals surface area contributed by atoms with Crippen LogP contribution in [-0.4, -0.2) is 6.04 Å². The Kier molecular flexibility index (Phi) is 6.68. The molecule has 2 atom stereocenters. The Labute approximate surface area is 111 Å². The van der Waals surface area contributed by atoms with E-state index in [0.717, 1.165) is 24.3 Å². The summed E-state index contributed by atoms with van der Waals surface area (Å²) in [4.78, 5) is 0. The number of unbranched alkanes of at least 4 members (excludes halogenated alkanes) is 1. The van der Waals surface area contributed by atoms with Crippen LogP contribution >= 0.6 is 12.4 Å². The third-order valence-corrected chi connectivity index (χ3v) is 3.71. The first-order valence-electron chi connectivity index (χ1n) is 6.66. The van der Waals surface area contributed by atoms with Gasteiger partial charge >= 0.3 is 0 Å². The van der Waals surface area contributed by atoms with E-state index in [1.165, 1.54) is 38.5 Å². The Balaban J connectivity index is 0.00000144. The van der Waals surface area contributed by atoms with Crippen LogP contribution < -0.4 is 5.32 Å². The number of halogens is 1. The fourth-order valence-corrected chi connectivity index (χ4v) is 2.76. The third-order valence-electron chi connectivity index (χ3n) is 3.71. The van der Waals surface area contributed by atoms with Crippen LogP contribution in [0.3, 0.4) is 0 Å². The van der Waals surface area contributed by atoms with Gasteiger partial charge in [0.2, 0.25) is 0 Å². The quantitative estimate of drug-likeness (QED) is 0.828. The van der Waals surface area contributed by atoms with Gasteiger partial charge < -0.3 is 9.73 Å². The summed E-state index contributed by atoms with van der Waals surface area (Å²) in [5.41, 5.74) is 0. The highest BCUT2D eigenvalue weighted by molar-refractivity contribution is 5.85. The van der Waals surface area contributed by atoms with Gasteiger partial charge in [-0.2, -0.15) is 0 Å². The second-order valence-electron chi connectivity index (χ2n) is 4.90. The fourth-order valence-electron chi connectivity index (χ4n) is 2.76. The highest BCUT2D eigenvalue weighted by atomic mass is 35.5.